The van der Waals surface area contributed by atoms with Crippen LogP contribution in [0.2, 0.25) is 0 Å². The van der Waals surface area contributed by atoms with Crippen LogP contribution in [0.25, 0.3) is 0 Å². The van der Waals surface area contributed by atoms with Crippen LogP contribution in [-0.2, 0) is 13.0 Å². The highest BCUT2D eigenvalue weighted by Gasteiger charge is 2.35. The number of hydrogen-bond acceptors (Lipinski definition) is 4. The Labute approximate surface area is 130 Å². The van der Waals surface area contributed by atoms with E-state index in [4.69, 9.17) is 0 Å². The maximum absolute atomic E-state index is 13.8. The predicted octanol–water partition coefficient (Wildman–Crippen LogP) is 3.18. The standard InChI is InChI=1S/C15H15F2N3OS/c1-2-13-14(22-19-18-13)15(21)20(11-5-6-11)8-9-3-4-10(16)7-12(9)17/h3-4,7,11H,2,5-6,8H2,1H3. The molecule has 1 saturated carbocycles. The van der Waals surface area contributed by atoms with Gasteiger partial charge in [-0.1, -0.05) is 17.5 Å². The van der Waals surface area contributed by atoms with Crippen LogP contribution in [0.15, 0.2) is 18.2 Å². The number of benzene rings is 1. The van der Waals surface area contributed by atoms with Crippen molar-refractivity contribution in [2.24, 2.45) is 0 Å². The Hall–Kier alpha value is -1.89. The summed E-state index contributed by atoms with van der Waals surface area (Å²) in [6.07, 6.45) is 2.44. The van der Waals surface area contributed by atoms with Gasteiger partial charge in [0.15, 0.2) is 0 Å². The first-order valence-corrected chi connectivity index (χ1v) is 7.93. The van der Waals surface area contributed by atoms with Crippen LogP contribution >= 0.6 is 11.5 Å². The molecular formula is C15H15F2N3OS. The maximum Gasteiger partial charge on any atom is 0.268 e. The second-order valence-electron chi connectivity index (χ2n) is 5.30. The van der Waals surface area contributed by atoms with E-state index in [0.717, 1.165) is 30.4 Å². The molecule has 7 heteroatoms. The van der Waals surface area contributed by atoms with Gasteiger partial charge in [0.05, 0.1) is 5.69 Å². The molecule has 1 aliphatic carbocycles. The second-order valence-corrected chi connectivity index (χ2v) is 6.06. The van der Waals surface area contributed by atoms with Crippen LogP contribution in [0.3, 0.4) is 0 Å². The van der Waals surface area contributed by atoms with Crippen molar-refractivity contribution >= 4 is 17.4 Å². The Kier molecular flexibility index (Phi) is 4.15. The predicted molar refractivity (Wildman–Crippen MR) is 78.5 cm³/mol. The van der Waals surface area contributed by atoms with Crippen molar-refractivity contribution in [1.82, 2.24) is 14.5 Å². The fraction of sp³-hybridized carbons (Fsp3) is 0.400. The molecule has 0 unspecified atom stereocenters. The molecular weight excluding hydrogens is 308 g/mol. The number of rotatable bonds is 5. The molecule has 0 saturated heterocycles. The van der Waals surface area contributed by atoms with Crippen molar-refractivity contribution in [2.75, 3.05) is 0 Å². The van der Waals surface area contributed by atoms with Crippen molar-refractivity contribution in [3.8, 4) is 0 Å². The summed E-state index contributed by atoms with van der Waals surface area (Å²) in [5, 5.41) is 3.95. The molecule has 3 rings (SSSR count). The minimum absolute atomic E-state index is 0.115. The fourth-order valence-electron chi connectivity index (χ4n) is 2.32. The van der Waals surface area contributed by atoms with Crippen LogP contribution < -0.4 is 0 Å². The number of aromatic nitrogens is 2. The molecule has 22 heavy (non-hydrogen) atoms. The molecule has 4 nitrogen and oxygen atoms in total. The summed E-state index contributed by atoms with van der Waals surface area (Å²) in [7, 11) is 0. The van der Waals surface area contributed by atoms with Gasteiger partial charge in [-0.15, -0.1) is 5.10 Å². The van der Waals surface area contributed by atoms with E-state index in [-0.39, 0.29) is 18.5 Å². The van der Waals surface area contributed by atoms with Gasteiger partial charge in [-0.3, -0.25) is 4.79 Å². The summed E-state index contributed by atoms with van der Waals surface area (Å²) < 4.78 is 30.7. The SMILES string of the molecule is CCc1nnsc1C(=O)N(Cc1ccc(F)cc1F)C1CC1. The lowest BCUT2D eigenvalue weighted by Gasteiger charge is -2.22. The van der Waals surface area contributed by atoms with Crippen molar-refractivity contribution in [3.05, 3.63) is 46.0 Å². The molecule has 1 fully saturated rings. The molecule has 116 valence electrons. The van der Waals surface area contributed by atoms with Crippen LogP contribution in [0.1, 0.15) is 40.7 Å². The van der Waals surface area contributed by atoms with Gasteiger partial charge in [0.2, 0.25) is 0 Å². The van der Waals surface area contributed by atoms with Crippen LogP contribution in [0.5, 0.6) is 0 Å². The van der Waals surface area contributed by atoms with E-state index >= 15 is 0 Å². The Morgan fingerprint density at radius 3 is 2.82 bits per heavy atom. The Morgan fingerprint density at radius 2 is 2.18 bits per heavy atom. The quantitative estimate of drug-likeness (QED) is 0.849. The van der Waals surface area contributed by atoms with E-state index < -0.39 is 11.6 Å². The first kappa shape index (κ1) is 15.0. The molecule has 0 bridgehead atoms. The number of aryl methyl sites for hydroxylation is 1. The normalized spacial score (nSPS) is 14.1. The van der Waals surface area contributed by atoms with Crippen molar-refractivity contribution < 1.29 is 13.6 Å². The monoisotopic (exact) mass is 323 g/mol. The van der Waals surface area contributed by atoms with E-state index in [1.165, 1.54) is 12.1 Å². The first-order valence-electron chi connectivity index (χ1n) is 7.16. The van der Waals surface area contributed by atoms with Crippen molar-refractivity contribution in [1.29, 1.82) is 0 Å². The van der Waals surface area contributed by atoms with E-state index in [9.17, 15) is 13.6 Å². The van der Waals surface area contributed by atoms with Crippen molar-refractivity contribution in [2.45, 2.75) is 38.8 Å². The summed E-state index contributed by atoms with van der Waals surface area (Å²) in [4.78, 5) is 14.9. The highest BCUT2D eigenvalue weighted by atomic mass is 32.1. The van der Waals surface area contributed by atoms with Gasteiger partial charge in [-0.25, -0.2) is 8.78 Å². The number of amides is 1. The summed E-state index contributed by atoms with van der Waals surface area (Å²) in [6, 6.07) is 3.55. The molecule has 1 aromatic carbocycles. The minimum atomic E-state index is -0.628. The number of carbonyl (C=O) groups excluding carboxylic acids is 1. The molecule has 0 N–H and O–H groups in total. The molecule has 1 amide bonds. The molecule has 0 radical (unpaired) electrons. The number of carbonyl (C=O) groups is 1. The largest absolute Gasteiger partial charge is 0.330 e. The zero-order valence-electron chi connectivity index (χ0n) is 12.1. The maximum atomic E-state index is 13.8. The molecule has 1 aliphatic rings. The van der Waals surface area contributed by atoms with Gasteiger partial charge in [-0.05, 0) is 36.9 Å². The summed E-state index contributed by atoms with van der Waals surface area (Å²) >= 11 is 1.07. The van der Waals surface area contributed by atoms with E-state index in [2.05, 4.69) is 9.59 Å². The lowest BCUT2D eigenvalue weighted by Crippen LogP contribution is -2.33. The van der Waals surface area contributed by atoms with Gasteiger partial charge >= 0.3 is 0 Å². The third-order valence-corrected chi connectivity index (χ3v) is 4.45. The first-order chi connectivity index (χ1) is 10.6. The zero-order chi connectivity index (χ0) is 15.7. The molecule has 0 atom stereocenters. The minimum Gasteiger partial charge on any atom is -0.330 e. The highest BCUT2D eigenvalue weighted by molar-refractivity contribution is 7.08. The Morgan fingerprint density at radius 1 is 1.41 bits per heavy atom. The fourth-order valence-corrected chi connectivity index (χ4v) is 3.03. The van der Waals surface area contributed by atoms with E-state index in [1.54, 1.807) is 4.90 Å². The Bertz CT molecular complexity index is 700. The lowest BCUT2D eigenvalue weighted by atomic mass is 10.1. The summed E-state index contributed by atoms with van der Waals surface area (Å²) in [5.41, 5.74) is 0.984. The smallest absolute Gasteiger partial charge is 0.268 e. The number of halogens is 2. The molecule has 0 spiro atoms. The molecule has 0 aliphatic heterocycles. The topological polar surface area (TPSA) is 46.1 Å². The lowest BCUT2D eigenvalue weighted by molar-refractivity contribution is 0.0732. The summed E-state index contributed by atoms with van der Waals surface area (Å²) in [6.45, 7) is 2.05. The zero-order valence-corrected chi connectivity index (χ0v) is 12.9. The van der Waals surface area contributed by atoms with Crippen LogP contribution in [0, 0.1) is 11.6 Å². The molecule has 1 aromatic heterocycles. The average Bonchev–Trinajstić information content (AvgIpc) is 3.22. The Balaban J connectivity index is 1.85. The van der Waals surface area contributed by atoms with E-state index in [1.807, 2.05) is 6.92 Å². The second kappa shape index (κ2) is 6.08. The van der Waals surface area contributed by atoms with Gasteiger partial charge in [0.25, 0.3) is 5.91 Å². The third-order valence-electron chi connectivity index (χ3n) is 3.69. The van der Waals surface area contributed by atoms with Crippen molar-refractivity contribution in [3.63, 3.8) is 0 Å². The molecule has 1 heterocycles. The number of nitrogens with zero attached hydrogens (tertiary/aromatic N) is 3. The van der Waals surface area contributed by atoms with Crippen LogP contribution in [-0.4, -0.2) is 26.4 Å². The highest BCUT2D eigenvalue weighted by Crippen LogP contribution is 2.31. The van der Waals surface area contributed by atoms with Gasteiger partial charge < -0.3 is 4.90 Å². The van der Waals surface area contributed by atoms with Gasteiger partial charge in [0.1, 0.15) is 16.5 Å². The third kappa shape index (κ3) is 2.99. The molecule has 2 aromatic rings. The summed E-state index contributed by atoms with van der Waals surface area (Å²) in [5.74, 6) is -1.42. The van der Waals surface area contributed by atoms with Crippen LogP contribution in [0.4, 0.5) is 8.78 Å². The average molecular weight is 323 g/mol. The van der Waals surface area contributed by atoms with Gasteiger partial charge in [0, 0.05) is 24.2 Å². The van der Waals surface area contributed by atoms with Gasteiger partial charge in [-0.2, -0.15) is 0 Å². The number of hydrogen-bond donors (Lipinski definition) is 0. The van der Waals surface area contributed by atoms with E-state index in [0.29, 0.717) is 22.6 Å².